The summed E-state index contributed by atoms with van der Waals surface area (Å²) in [7, 11) is 7.14. The van der Waals surface area contributed by atoms with Gasteiger partial charge in [-0.3, -0.25) is 4.79 Å². The molecule has 0 radical (unpaired) electrons. The predicted molar refractivity (Wildman–Crippen MR) is 86.5 cm³/mol. The van der Waals surface area contributed by atoms with E-state index in [1.807, 2.05) is 30.9 Å². The normalized spacial score (nSPS) is 10.8. The number of nitrogens with zero attached hydrogens (tertiary/aromatic N) is 2. The van der Waals surface area contributed by atoms with Crippen molar-refractivity contribution in [1.29, 1.82) is 0 Å². The number of esters is 1. The molecule has 0 bridgehead atoms. The van der Waals surface area contributed by atoms with Crippen molar-refractivity contribution < 1.29 is 14.3 Å². The van der Waals surface area contributed by atoms with Gasteiger partial charge in [0.2, 0.25) is 0 Å². The molecular weight excluding hydrogens is 290 g/mol. The number of methoxy groups -OCH3 is 1. The minimum atomic E-state index is -0.509. The molecule has 6 nitrogen and oxygen atoms in total. The minimum absolute atomic E-state index is 0.0603. The van der Waals surface area contributed by atoms with E-state index in [1.54, 1.807) is 6.92 Å². The Kier molecular flexibility index (Phi) is 6.17. The molecule has 7 heteroatoms. The third-order valence-corrected chi connectivity index (χ3v) is 4.48. The van der Waals surface area contributed by atoms with Gasteiger partial charge < -0.3 is 20.3 Å². The standard InChI is InChI=1S/C14H23N3O3S/c1-6-9(18)12-11(15)10(14(19)20-5)13(21-12)17(4)8-7-16(2)3/h6-8,15H2,1-5H3. The molecule has 0 saturated heterocycles. The number of ketones is 1. The van der Waals surface area contributed by atoms with E-state index in [4.69, 9.17) is 10.5 Å². The van der Waals surface area contributed by atoms with Gasteiger partial charge in [-0.25, -0.2) is 4.79 Å². The van der Waals surface area contributed by atoms with E-state index in [-0.39, 0.29) is 11.5 Å². The number of ether oxygens (including phenoxy) is 1. The van der Waals surface area contributed by atoms with Crippen molar-refractivity contribution in [3.8, 4) is 0 Å². The van der Waals surface area contributed by atoms with Crippen LogP contribution in [0, 0.1) is 0 Å². The van der Waals surface area contributed by atoms with Crippen LogP contribution in [0.5, 0.6) is 0 Å². The van der Waals surface area contributed by atoms with E-state index in [1.165, 1.54) is 18.4 Å². The third kappa shape index (κ3) is 3.95. The van der Waals surface area contributed by atoms with Crippen molar-refractivity contribution in [2.24, 2.45) is 0 Å². The Morgan fingerprint density at radius 1 is 1.24 bits per heavy atom. The first-order valence-corrected chi connectivity index (χ1v) is 7.54. The van der Waals surface area contributed by atoms with Gasteiger partial charge in [-0.2, -0.15) is 0 Å². The summed E-state index contributed by atoms with van der Waals surface area (Å²) in [6.07, 6.45) is 0.353. The first-order chi connectivity index (χ1) is 9.83. The summed E-state index contributed by atoms with van der Waals surface area (Å²) in [5.74, 6) is -0.569. The van der Waals surface area contributed by atoms with Crippen LogP contribution < -0.4 is 10.6 Å². The van der Waals surface area contributed by atoms with Gasteiger partial charge >= 0.3 is 5.97 Å². The van der Waals surface area contributed by atoms with E-state index in [2.05, 4.69) is 0 Å². The molecule has 0 unspecified atom stereocenters. The van der Waals surface area contributed by atoms with Crippen molar-refractivity contribution in [2.45, 2.75) is 13.3 Å². The topological polar surface area (TPSA) is 75.9 Å². The number of likely N-dealkylation sites (N-methyl/N-ethyl adjacent to an activating group) is 2. The lowest BCUT2D eigenvalue weighted by atomic mass is 10.1. The summed E-state index contributed by atoms with van der Waals surface area (Å²) in [4.78, 5) is 28.3. The summed E-state index contributed by atoms with van der Waals surface area (Å²) in [5, 5.41) is 0.679. The molecule has 1 rings (SSSR count). The molecule has 1 heterocycles. The first-order valence-electron chi connectivity index (χ1n) is 6.73. The number of rotatable bonds is 7. The van der Waals surface area contributed by atoms with Gasteiger partial charge in [0, 0.05) is 26.6 Å². The van der Waals surface area contributed by atoms with Gasteiger partial charge in [-0.15, -0.1) is 11.3 Å². The number of hydrogen-bond acceptors (Lipinski definition) is 7. The number of anilines is 2. The highest BCUT2D eigenvalue weighted by molar-refractivity contribution is 7.19. The molecule has 0 aliphatic rings. The second-order valence-electron chi connectivity index (χ2n) is 5.02. The third-order valence-electron chi connectivity index (χ3n) is 3.12. The maximum absolute atomic E-state index is 12.0. The van der Waals surface area contributed by atoms with Crippen LogP contribution in [0.2, 0.25) is 0 Å². The highest BCUT2D eigenvalue weighted by Gasteiger charge is 2.27. The average molecular weight is 313 g/mol. The zero-order valence-electron chi connectivity index (χ0n) is 13.2. The molecule has 2 N–H and O–H groups in total. The number of nitrogen functional groups attached to an aromatic ring is 1. The summed E-state index contributed by atoms with van der Waals surface area (Å²) in [6, 6.07) is 0. The lowest BCUT2D eigenvalue weighted by Gasteiger charge is -2.21. The molecule has 0 fully saturated rings. The Labute approximate surface area is 129 Å². The molecule has 1 aromatic rings. The van der Waals surface area contributed by atoms with Crippen molar-refractivity contribution in [2.75, 3.05) is 52.0 Å². The molecule has 0 aliphatic heterocycles. The lowest BCUT2D eigenvalue weighted by Crippen LogP contribution is -2.29. The summed E-state index contributed by atoms with van der Waals surface area (Å²) in [5.41, 5.74) is 6.52. The Morgan fingerprint density at radius 2 is 1.86 bits per heavy atom. The van der Waals surface area contributed by atoms with Crippen LogP contribution in [0.15, 0.2) is 0 Å². The maximum Gasteiger partial charge on any atom is 0.343 e. The molecule has 118 valence electrons. The Hall–Kier alpha value is -1.60. The fourth-order valence-electron chi connectivity index (χ4n) is 1.82. The lowest BCUT2D eigenvalue weighted by molar-refractivity contribution is 0.0603. The smallest absolute Gasteiger partial charge is 0.343 e. The minimum Gasteiger partial charge on any atom is -0.465 e. The number of Topliss-reactive ketones (excluding diaryl/α,β-unsaturated/α-hetero) is 1. The van der Waals surface area contributed by atoms with Crippen LogP contribution in [0.1, 0.15) is 33.4 Å². The van der Waals surface area contributed by atoms with E-state index >= 15 is 0 Å². The number of nitrogens with two attached hydrogens (primary N) is 1. The largest absolute Gasteiger partial charge is 0.465 e. The molecule has 0 aromatic carbocycles. The van der Waals surface area contributed by atoms with Crippen molar-refractivity contribution in [3.63, 3.8) is 0 Å². The molecule has 21 heavy (non-hydrogen) atoms. The number of carbonyl (C=O) groups is 2. The van der Waals surface area contributed by atoms with Crippen molar-refractivity contribution in [1.82, 2.24) is 4.90 Å². The molecule has 0 spiro atoms. The van der Waals surface area contributed by atoms with Crippen LogP contribution in [-0.4, -0.2) is 58.0 Å². The second kappa shape index (κ2) is 7.42. The molecule has 0 atom stereocenters. The number of thiophene rings is 1. The molecular formula is C14H23N3O3S. The van der Waals surface area contributed by atoms with E-state index in [0.717, 1.165) is 13.1 Å². The average Bonchev–Trinajstić information content (AvgIpc) is 2.80. The van der Waals surface area contributed by atoms with E-state index in [0.29, 0.717) is 21.9 Å². The highest BCUT2D eigenvalue weighted by atomic mass is 32.1. The van der Waals surface area contributed by atoms with Gasteiger partial charge in [0.1, 0.15) is 10.6 Å². The van der Waals surface area contributed by atoms with E-state index in [9.17, 15) is 9.59 Å². The fraction of sp³-hybridized carbons (Fsp3) is 0.571. The second-order valence-corrected chi connectivity index (χ2v) is 6.02. The van der Waals surface area contributed by atoms with E-state index < -0.39 is 5.97 Å². The molecule has 1 aromatic heterocycles. The summed E-state index contributed by atoms with van der Waals surface area (Å²) >= 11 is 1.25. The van der Waals surface area contributed by atoms with Crippen LogP contribution in [0.25, 0.3) is 0 Å². The SMILES string of the molecule is CCC(=O)c1sc(N(C)CCN(C)C)c(C(=O)OC)c1N. The summed E-state index contributed by atoms with van der Waals surface area (Å²) in [6.45, 7) is 3.32. The fourth-order valence-corrected chi connectivity index (χ4v) is 3.02. The predicted octanol–water partition coefficient (Wildman–Crippen LogP) is 1.71. The zero-order chi connectivity index (χ0) is 16.2. The van der Waals surface area contributed by atoms with Crippen molar-refractivity contribution in [3.05, 3.63) is 10.4 Å². The molecule has 0 saturated carbocycles. The molecule has 0 amide bonds. The molecule has 0 aliphatic carbocycles. The highest BCUT2D eigenvalue weighted by Crippen LogP contribution is 2.38. The van der Waals surface area contributed by atoms with Gasteiger partial charge in [-0.1, -0.05) is 6.92 Å². The van der Waals surface area contributed by atoms with Gasteiger partial charge in [0.15, 0.2) is 5.78 Å². The Balaban J connectivity index is 3.22. The Bertz CT molecular complexity index is 526. The van der Waals surface area contributed by atoms with Gasteiger partial charge in [0.05, 0.1) is 17.7 Å². The first kappa shape index (κ1) is 17.5. The van der Waals surface area contributed by atoms with Crippen LogP contribution in [0.4, 0.5) is 10.7 Å². The number of carbonyl (C=O) groups excluding carboxylic acids is 2. The van der Waals surface area contributed by atoms with Crippen molar-refractivity contribution >= 4 is 33.8 Å². The Morgan fingerprint density at radius 3 is 2.33 bits per heavy atom. The maximum atomic E-state index is 12.0. The summed E-state index contributed by atoms with van der Waals surface area (Å²) < 4.78 is 4.80. The number of hydrogen-bond donors (Lipinski definition) is 1. The zero-order valence-corrected chi connectivity index (χ0v) is 14.0. The van der Waals surface area contributed by atoms with Crippen LogP contribution in [-0.2, 0) is 4.74 Å². The van der Waals surface area contributed by atoms with Crippen LogP contribution >= 0.6 is 11.3 Å². The van der Waals surface area contributed by atoms with Crippen LogP contribution in [0.3, 0.4) is 0 Å². The monoisotopic (exact) mass is 313 g/mol. The van der Waals surface area contributed by atoms with Gasteiger partial charge in [0.25, 0.3) is 0 Å². The van der Waals surface area contributed by atoms with Gasteiger partial charge in [-0.05, 0) is 14.1 Å². The quantitative estimate of drug-likeness (QED) is 0.610.